The van der Waals surface area contributed by atoms with Crippen LogP contribution in [0.1, 0.15) is 12.8 Å². The van der Waals surface area contributed by atoms with Crippen molar-refractivity contribution in [2.75, 3.05) is 19.6 Å². The van der Waals surface area contributed by atoms with Gasteiger partial charge >= 0.3 is 6.09 Å². The number of hydrogen-bond acceptors (Lipinski definition) is 2. The van der Waals surface area contributed by atoms with E-state index in [-0.39, 0.29) is 25.9 Å². The SMILES string of the molecule is NCCC1CCN(C(=O)O)CC1(F)F. The number of amides is 1. The molecule has 0 spiro atoms. The first-order chi connectivity index (χ1) is 6.47. The molecule has 1 unspecified atom stereocenters. The van der Waals surface area contributed by atoms with Gasteiger partial charge in [0, 0.05) is 12.5 Å². The van der Waals surface area contributed by atoms with Crippen LogP contribution < -0.4 is 5.73 Å². The molecule has 1 saturated heterocycles. The second-order valence-corrected chi connectivity index (χ2v) is 3.53. The van der Waals surface area contributed by atoms with E-state index in [0.717, 1.165) is 4.90 Å². The molecule has 1 fully saturated rings. The van der Waals surface area contributed by atoms with Crippen LogP contribution in [0.2, 0.25) is 0 Å². The summed E-state index contributed by atoms with van der Waals surface area (Å²) >= 11 is 0. The van der Waals surface area contributed by atoms with E-state index in [0.29, 0.717) is 0 Å². The molecule has 1 rings (SSSR count). The van der Waals surface area contributed by atoms with Gasteiger partial charge in [-0.3, -0.25) is 0 Å². The molecule has 0 radical (unpaired) electrons. The molecule has 0 aromatic rings. The highest BCUT2D eigenvalue weighted by molar-refractivity contribution is 5.65. The summed E-state index contributed by atoms with van der Waals surface area (Å²) in [5.41, 5.74) is 5.21. The Balaban J connectivity index is 2.60. The first-order valence-corrected chi connectivity index (χ1v) is 4.53. The number of hydrogen-bond donors (Lipinski definition) is 2. The molecule has 6 heteroatoms. The maximum atomic E-state index is 13.3. The number of carboxylic acid groups (broad SMARTS) is 1. The van der Waals surface area contributed by atoms with Gasteiger partial charge in [-0.05, 0) is 19.4 Å². The Hall–Kier alpha value is -0.910. The Morgan fingerprint density at radius 3 is 2.71 bits per heavy atom. The molecule has 1 heterocycles. The highest BCUT2D eigenvalue weighted by Gasteiger charge is 2.45. The van der Waals surface area contributed by atoms with Gasteiger partial charge in [-0.15, -0.1) is 0 Å². The first-order valence-electron chi connectivity index (χ1n) is 4.53. The zero-order valence-corrected chi connectivity index (χ0v) is 7.75. The van der Waals surface area contributed by atoms with Crippen molar-refractivity contribution in [2.24, 2.45) is 11.7 Å². The van der Waals surface area contributed by atoms with Gasteiger partial charge in [-0.2, -0.15) is 0 Å². The van der Waals surface area contributed by atoms with Crippen molar-refractivity contribution < 1.29 is 18.7 Å². The number of piperidine rings is 1. The summed E-state index contributed by atoms with van der Waals surface area (Å²) in [6.07, 6.45) is -0.840. The fourth-order valence-corrected chi connectivity index (χ4v) is 1.71. The lowest BCUT2D eigenvalue weighted by Gasteiger charge is -2.36. The smallest absolute Gasteiger partial charge is 0.407 e. The van der Waals surface area contributed by atoms with Gasteiger partial charge in [-0.25, -0.2) is 13.6 Å². The average Bonchev–Trinajstić information content (AvgIpc) is 2.08. The van der Waals surface area contributed by atoms with Crippen molar-refractivity contribution in [3.8, 4) is 0 Å². The lowest BCUT2D eigenvalue weighted by molar-refractivity contribution is -0.105. The van der Waals surface area contributed by atoms with Gasteiger partial charge in [0.25, 0.3) is 5.92 Å². The summed E-state index contributed by atoms with van der Waals surface area (Å²) in [5.74, 6) is -3.71. The molecular weight excluding hydrogens is 194 g/mol. The molecule has 0 aromatic heterocycles. The summed E-state index contributed by atoms with van der Waals surface area (Å²) in [4.78, 5) is 11.2. The lowest BCUT2D eigenvalue weighted by Crippen LogP contribution is -2.50. The molecule has 1 aliphatic heterocycles. The molecule has 14 heavy (non-hydrogen) atoms. The standard InChI is InChI=1S/C8H14F2N2O2/c9-8(10)5-12(7(13)14)4-2-6(8)1-3-11/h6H,1-5,11H2,(H,13,14). The summed E-state index contributed by atoms with van der Waals surface area (Å²) in [5, 5.41) is 8.55. The van der Waals surface area contributed by atoms with E-state index in [1.54, 1.807) is 0 Å². The van der Waals surface area contributed by atoms with Gasteiger partial charge in [0.2, 0.25) is 0 Å². The first kappa shape index (κ1) is 11.2. The van der Waals surface area contributed by atoms with E-state index in [1.165, 1.54) is 0 Å². The van der Waals surface area contributed by atoms with E-state index >= 15 is 0 Å². The minimum atomic E-state index is -2.93. The van der Waals surface area contributed by atoms with Crippen LogP contribution in [0.5, 0.6) is 0 Å². The predicted octanol–water partition coefficient (Wildman–Crippen LogP) is 0.970. The fraction of sp³-hybridized carbons (Fsp3) is 0.875. The monoisotopic (exact) mass is 208 g/mol. The van der Waals surface area contributed by atoms with Crippen LogP contribution in [0, 0.1) is 5.92 Å². The minimum absolute atomic E-state index is 0.176. The topological polar surface area (TPSA) is 66.6 Å². The minimum Gasteiger partial charge on any atom is -0.465 e. The van der Waals surface area contributed by atoms with Crippen LogP contribution in [0.4, 0.5) is 13.6 Å². The molecule has 4 nitrogen and oxygen atoms in total. The molecule has 0 bridgehead atoms. The highest BCUT2D eigenvalue weighted by Crippen LogP contribution is 2.34. The van der Waals surface area contributed by atoms with Crippen molar-refractivity contribution in [1.82, 2.24) is 4.90 Å². The number of halogens is 2. The molecule has 3 N–H and O–H groups in total. The number of carbonyl (C=O) groups is 1. The zero-order valence-electron chi connectivity index (χ0n) is 7.75. The number of nitrogens with zero attached hydrogens (tertiary/aromatic N) is 1. The third-order valence-corrected chi connectivity index (χ3v) is 2.53. The van der Waals surface area contributed by atoms with E-state index < -0.39 is 24.5 Å². The van der Waals surface area contributed by atoms with Crippen LogP contribution >= 0.6 is 0 Å². The zero-order chi connectivity index (χ0) is 10.8. The summed E-state index contributed by atoms with van der Waals surface area (Å²) in [7, 11) is 0. The van der Waals surface area contributed by atoms with E-state index in [2.05, 4.69) is 0 Å². The molecule has 1 aliphatic rings. The maximum Gasteiger partial charge on any atom is 0.407 e. The van der Waals surface area contributed by atoms with Crippen LogP contribution in [0.25, 0.3) is 0 Å². The van der Waals surface area contributed by atoms with Gasteiger partial charge < -0.3 is 15.7 Å². The Bertz CT molecular complexity index is 223. The van der Waals surface area contributed by atoms with E-state index in [1.807, 2.05) is 0 Å². The number of nitrogens with two attached hydrogens (primary N) is 1. The molecular formula is C8H14F2N2O2. The summed E-state index contributed by atoms with van der Waals surface area (Å²) in [6.45, 7) is -0.310. The predicted molar refractivity (Wildman–Crippen MR) is 46.3 cm³/mol. The van der Waals surface area contributed by atoms with Crippen LogP contribution in [0.3, 0.4) is 0 Å². The van der Waals surface area contributed by atoms with Crippen molar-refractivity contribution in [2.45, 2.75) is 18.8 Å². The summed E-state index contributed by atoms with van der Waals surface area (Å²) in [6, 6.07) is 0. The van der Waals surface area contributed by atoms with E-state index in [4.69, 9.17) is 10.8 Å². The Kier molecular flexibility index (Phi) is 3.25. The third-order valence-electron chi connectivity index (χ3n) is 2.53. The van der Waals surface area contributed by atoms with Crippen molar-refractivity contribution in [1.29, 1.82) is 0 Å². The normalized spacial score (nSPS) is 26.2. The van der Waals surface area contributed by atoms with Crippen LogP contribution in [0.15, 0.2) is 0 Å². The molecule has 0 aliphatic carbocycles. The van der Waals surface area contributed by atoms with Gasteiger partial charge in [-0.1, -0.05) is 0 Å². The van der Waals surface area contributed by atoms with Crippen LogP contribution in [-0.4, -0.2) is 41.7 Å². The second kappa shape index (κ2) is 4.08. The third kappa shape index (κ3) is 2.31. The largest absolute Gasteiger partial charge is 0.465 e. The van der Waals surface area contributed by atoms with Gasteiger partial charge in [0.15, 0.2) is 0 Å². The molecule has 82 valence electrons. The molecule has 0 aromatic carbocycles. The Morgan fingerprint density at radius 1 is 1.64 bits per heavy atom. The number of rotatable bonds is 2. The Morgan fingerprint density at radius 2 is 2.29 bits per heavy atom. The number of likely N-dealkylation sites (tertiary alicyclic amines) is 1. The lowest BCUT2D eigenvalue weighted by atomic mass is 9.90. The quantitative estimate of drug-likeness (QED) is 0.710. The highest BCUT2D eigenvalue weighted by atomic mass is 19.3. The van der Waals surface area contributed by atoms with Crippen molar-refractivity contribution >= 4 is 6.09 Å². The second-order valence-electron chi connectivity index (χ2n) is 3.53. The van der Waals surface area contributed by atoms with Gasteiger partial charge in [0.1, 0.15) is 0 Å². The van der Waals surface area contributed by atoms with Crippen molar-refractivity contribution in [3.05, 3.63) is 0 Å². The molecule has 1 atom stereocenters. The molecule has 0 saturated carbocycles. The average molecular weight is 208 g/mol. The van der Waals surface area contributed by atoms with E-state index in [9.17, 15) is 13.6 Å². The Labute approximate surface area is 80.7 Å². The van der Waals surface area contributed by atoms with Gasteiger partial charge in [0.05, 0.1) is 6.54 Å². The van der Waals surface area contributed by atoms with Crippen molar-refractivity contribution in [3.63, 3.8) is 0 Å². The number of alkyl halides is 2. The fourth-order valence-electron chi connectivity index (χ4n) is 1.71. The molecule has 1 amide bonds. The van der Waals surface area contributed by atoms with Crippen LogP contribution in [-0.2, 0) is 0 Å². The maximum absolute atomic E-state index is 13.3. The summed E-state index contributed by atoms with van der Waals surface area (Å²) < 4.78 is 26.6.